The number of rotatable bonds is 5. The molecule has 2 aliphatic carbocycles. The normalized spacial score (nSPS) is 30.4. The van der Waals surface area contributed by atoms with Crippen molar-refractivity contribution in [1.82, 2.24) is 19.9 Å². The fourth-order valence-electron chi connectivity index (χ4n) is 6.25. The van der Waals surface area contributed by atoms with E-state index in [9.17, 15) is 18.3 Å². The Hall–Kier alpha value is -2.46. The zero-order chi connectivity index (χ0) is 24.0. The van der Waals surface area contributed by atoms with Crippen LogP contribution in [0.2, 0.25) is 0 Å². The molecule has 3 saturated heterocycles. The number of hydrogen-bond donors (Lipinski definition) is 2. The molecular formula is C24H29F3N6O. The van der Waals surface area contributed by atoms with Crippen molar-refractivity contribution < 1.29 is 18.3 Å². The van der Waals surface area contributed by atoms with Crippen LogP contribution in [0.3, 0.4) is 0 Å². The Labute approximate surface area is 196 Å². The monoisotopic (exact) mass is 474 g/mol. The van der Waals surface area contributed by atoms with Crippen LogP contribution in [0.5, 0.6) is 0 Å². The fraction of sp³-hybridized carbons (Fsp3) is 0.625. The first-order valence-electron chi connectivity index (χ1n) is 11.9. The summed E-state index contributed by atoms with van der Waals surface area (Å²) in [6.45, 7) is 6.94. The summed E-state index contributed by atoms with van der Waals surface area (Å²) >= 11 is 0. The number of fused-ring (bicyclic) bond motifs is 2. The van der Waals surface area contributed by atoms with E-state index in [0.29, 0.717) is 47.5 Å². The van der Waals surface area contributed by atoms with Crippen molar-refractivity contribution in [2.45, 2.75) is 50.4 Å². The third kappa shape index (κ3) is 3.80. The molecule has 182 valence electrons. The molecule has 0 radical (unpaired) electrons. The van der Waals surface area contributed by atoms with E-state index < -0.39 is 23.2 Å². The van der Waals surface area contributed by atoms with Crippen molar-refractivity contribution in [1.29, 1.82) is 0 Å². The highest BCUT2D eigenvalue weighted by molar-refractivity contribution is 5.64. The van der Waals surface area contributed by atoms with Gasteiger partial charge >= 0.3 is 6.18 Å². The molecule has 2 saturated carbocycles. The number of likely N-dealkylation sites (tertiary alicyclic amines) is 1. The number of pyridine rings is 1. The van der Waals surface area contributed by atoms with Crippen LogP contribution in [0.4, 0.5) is 24.9 Å². The van der Waals surface area contributed by atoms with Gasteiger partial charge in [0.05, 0.1) is 22.6 Å². The Balaban J connectivity index is 1.33. The van der Waals surface area contributed by atoms with Gasteiger partial charge in [-0.1, -0.05) is 0 Å². The minimum Gasteiger partial charge on any atom is -0.389 e. The molecule has 5 aliphatic rings. The molecule has 5 fully saturated rings. The third-order valence-electron chi connectivity index (χ3n) is 7.84. The van der Waals surface area contributed by atoms with E-state index in [1.54, 1.807) is 0 Å². The van der Waals surface area contributed by atoms with Gasteiger partial charge in [-0.15, -0.1) is 0 Å². The molecule has 1 unspecified atom stereocenters. The molecule has 0 aromatic carbocycles. The van der Waals surface area contributed by atoms with Crippen LogP contribution in [0, 0.1) is 17.8 Å². The minimum absolute atomic E-state index is 0.264. The molecule has 7 rings (SSSR count). The number of nitrogens with zero attached hydrogens (tertiary/aromatic N) is 5. The number of nitrogen functional groups attached to an aromatic ring is 1. The number of halogens is 3. The fourth-order valence-corrected chi connectivity index (χ4v) is 6.25. The Morgan fingerprint density at radius 3 is 2.38 bits per heavy atom. The lowest BCUT2D eigenvalue weighted by Crippen LogP contribution is -2.38. The third-order valence-corrected chi connectivity index (χ3v) is 7.84. The van der Waals surface area contributed by atoms with Crippen LogP contribution in [-0.2, 0) is 6.18 Å². The van der Waals surface area contributed by atoms with Gasteiger partial charge < -0.3 is 15.7 Å². The molecule has 34 heavy (non-hydrogen) atoms. The summed E-state index contributed by atoms with van der Waals surface area (Å²) in [5, 5.41) is 10.1. The second-order valence-electron chi connectivity index (χ2n) is 11.1. The van der Waals surface area contributed by atoms with Gasteiger partial charge in [-0.3, -0.25) is 4.90 Å². The maximum absolute atomic E-state index is 13.5. The van der Waals surface area contributed by atoms with Crippen molar-refractivity contribution in [3.05, 3.63) is 29.6 Å². The molecule has 2 aromatic rings. The topological polar surface area (TPSA) is 91.4 Å². The first-order valence-corrected chi connectivity index (χ1v) is 11.9. The summed E-state index contributed by atoms with van der Waals surface area (Å²) in [5.74, 6) is 1.89. The molecular weight excluding hydrogens is 445 g/mol. The smallest absolute Gasteiger partial charge is 0.389 e. The number of hydrogen-bond acceptors (Lipinski definition) is 7. The lowest BCUT2D eigenvalue weighted by molar-refractivity contribution is -0.137. The predicted octanol–water partition coefficient (Wildman–Crippen LogP) is 3.15. The van der Waals surface area contributed by atoms with Gasteiger partial charge in [-0.05, 0) is 56.6 Å². The number of aromatic nitrogens is 3. The highest BCUT2D eigenvalue weighted by atomic mass is 19.4. The van der Waals surface area contributed by atoms with Crippen LogP contribution in [0.15, 0.2) is 18.3 Å². The second-order valence-corrected chi connectivity index (χ2v) is 11.1. The summed E-state index contributed by atoms with van der Waals surface area (Å²) in [4.78, 5) is 17.9. The van der Waals surface area contributed by atoms with E-state index in [1.165, 1.54) is 6.20 Å². The van der Waals surface area contributed by atoms with Crippen LogP contribution < -0.4 is 10.6 Å². The van der Waals surface area contributed by atoms with Crippen molar-refractivity contribution in [2.24, 2.45) is 17.8 Å². The van der Waals surface area contributed by atoms with Gasteiger partial charge in [-0.25, -0.2) is 15.0 Å². The minimum atomic E-state index is -4.58. The average molecular weight is 475 g/mol. The van der Waals surface area contributed by atoms with Gasteiger partial charge in [0.1, 0.15) is 5.82 Å². The average Bonchev–Trinajstić information content (AvgIpc) is 3.10. The standard InChI is InChI=1S/C24H29F3N6O/c1-23(2,34)11-32-9-15-16(10-32)20(15)19-6-18(13-5-17(24(25,26)27)21(28)29-7-13)30-22(31-19)33-8-12-3-14(33)4-12/h5-7,12,14-16,20,34H,3-4,8-11H2,1-2H3,(H2,28,29)/t12?,14?,15-,16+,20?. The number of aliphatic hydroxyl groups is 1. The Bertz CT molecular complexity index is 1110. The van der Waals surface area contributed by atoms with Gasteiger partial charge in [0.2, 0.25) is 5.95 Å². The molecule has 3 atom stereocenters. The summed E-state index contributed by atoms with van der Waals surface area (Å²) in [6.07, 6.45) is -0.959. The van der Waals surface area contributed by atoms with Crippen molar-refractivity contribution in [2.75, 3.05) is 36.8 Å². The van der Waals surface area contributed by atoms with Gasteiger partial charge in [-0.2, -0.15) is 13.2 Å². The highest BCUT2D eigenvalue weighted by Gasteiger charge is 2.57. The van der Waals surface area contributed by atoms with E-state index >= 15 is 0 Å². The largest absolute Gasteiger partial charge is 0.419 e. The van der Waals surface area contributed by atoms with Crippen molar-refractivity contribution >= 4 is 11.8 Å². The van der Waals surface area contributed by atoms with Crippen LogP contribution in [-0.4, -0.2) is 62.8 Å². The number of nitrogens with two attached hydrogens (primary N) is 1. The molecule has 5 heterocycles. The van der Waals surface area contributed by atoms with Crippen LogP contribution >= 0.6 is 0 Å². The van der Waals surface area contributed by atoms with Crippen molar-refractivity contribution in [3.63, 3.8) is 0 Å². The number of piperidine rings is 1. The zero-order valence-corrected chi connectivity index (χ0v) is 19.3. The summed E-state index contributed by atoms with van der Waals surface area (Å²) in [5.41, 5.74) is 5.49. The Morgan fingerprint density at radius 1 is 1.09 bits per heavy atom. The lowest BCUT2D eigenvalue weighted by Gasteiger charge is -2.27. The van der Waals surface area contributed by atoms with E-state index in [4.69, 9.17) is 15.7 Å². The second kappa shape index (κ2) is 7.27. The quantitative estimate of drug-likeness (QED) is 0.688. The molecule has 10 heteroatoms. The summed E-state index contributed by atoms with van der Waals surface area (Å²) < 4.78 is 40.4. The number of alkyl halides is 3. The number of β-amino-alcohol motifs (C(OH)–C–C–N with tert-alkyl or cyclic N) is 1. The zero-order valence-electron chi connectivity index (χ0n) is 19.3. The lowest BCUT2D eigenvalue weighted by atomic mass is 9.86. The predicted molar refractivity (Wildman–Crippen MR) is 121 cm³/mol. The highest BCUT2D eigenvalue weighted by Crippen LogP contribution is 2.58. The van der Waals surface area contributed by atoms with E-state index in [2.05, 4.69) is 14.8 Å². The molecule has 2 bridgehead atoms. The summed E-state index contributed by atoms with van der Waals surface area (Å²) in [7, 11) is 0. The first kappa shape index (κ1) is 22.0. The Morgan fingerprint density at radius 2 is 1.79 bits per heavy atom. The van der Waals surface area contributed by atoms with E-state index in [1.807, 2.05) is 19.9 Å². The molecule has 3 N–H and O–H groups in total. The molecule has 0 amide bonds. The van der Waals surface area contributed by atoms with Crippen molar-refractivity contribution in [3.8, 4) is 11.3 Å². The number of anilines is 2. The Kier molecular flexibility index (Phi) is 4.71. The SMILES string of the molecule is CC(C)(O)CN1C[C@@H]2C(c3cc(-c4cnc(N)c(C(F)(F)F)c4)nc(N4CC5CC4C5)n3)[C@@H]2C1. The molecule has 7 nitrogen and oxygen atoms in total. The van der Waals surface area contributed by atoms with Crippen LogP contribution in [0.1, 0.15) is 43.9 Å². The summed E-state index contributed by atoms with van der Waals surface area (Å²) in [6, 6.07) is 3.30. The first-order chi connectivity index (χ1) is 16.0. The van der Waals surface area contributed by atoms with E-state index in [-0.39, 0.29) is 5.92 Å². The van der Waals surface area contributed by atoms with Crippen LogP contribution in [0.25, 0.3) is 11.3 Å². The van der Waals surface area contributed by atoms with Gasteiger partial charge in [0.15, 0.2) is 0 Å². The van der Waals surface area contributed by atoms with E-state index in [0.717, 1.165) is 44.2 Å². The molecule has 2 aromatic heterocycles. The van der Waals surface area contributed by atoms with Gasteiger partial charge in [0.25, 0.3) is 0 Å². The maximum Gasteiger partial charge on any atom is 0.419 e. The van der Waals surface area contributed by atoms with Gasteiger partial charge in [0, 0.05) is 49.9 Å². The molecule has 0 spiro atoms. The maximum atomic E-state index is 13.5. The molecule has 3 aliphatic heterocycles.